The molecule has 29 heavy (non-hydrogen) atoms. The van der Waals surface area contributed by atoms with Crippen LogP contribution < -0.4 is 4.74 Å². The average Bonchev–Trinajstić information content (AvgIpc) is 2.80. The first-order chi connectivity index (χ1) is 14.3. The molecule has 0 radical (unpaired) electrons. The van der Waals surface area contributed by atoms with Crippen LogP contribution in [-0.4, -0.2) is 46.2 Å². The van der Waals surface area contributed by atoms with E-state index >= 15 is 0 Å². The number of aliphatic hydroxyl groups excluding tert-OH is 1. The van der Waals surface area contributed by atoms with Crippen LogP contribution in [0.2, 0.25) is 0 Å². The van der Waals surface area contributed by atoms with Gasteiger partial charge in [0.25, 0.3) is 0 Å². The van der Waals surface area contributed by atoms with Gasteiger partial charge < -0.3 is 9.84 Å². The lowest BCUT2D eigenvalue weighted by Crippen LogP contribution is -2.37. The first-order valence-corrected chi connectivity index (χ1v) is 10.2. The summed E-state index contributed by atoms with van der Waals surface area (Å²) >= 11 is 0. The molecule has 0 aliphatic carbocycles. The summed E-state index contributed by atoms with van der Waals surface area (Å²) < 4.78 is 5.86. The molecule has 0 amide bonds. The molecule has 4 rings (SSSR count). The van der Waals surface area contributed by atoms with Crippen molar-refractivity contribution in [3.63, 3.8) is 0 Å². The molecule has 0 saturated carbocycles. The van der Waals surface area contributed by atoms with Crippen LogP contribution >= 0.6 is 0 Å². The molecule has 1 aliphatic heterocycles. The zero-order valence-electron chi connectivity index (χ0n) is 16.6. The van der Waals surface area contributed by atoms with Crippen LogP contribution in [0, 0.1) is 0 Å². The van der Waals surface area contributed by atoms with Crippen molar-refractivity contribution in [3.8, 4) is 17.0 Å². The lowest BCUT2D eigenvalue weighted by atomic mass is 9.95. The standard InChI is InChI=1S/C24H27N3O2/c28-18-19-8-10-20(11-9-19)23-15-25-16-24(26-23)21-5-4-12-27(17-21)13-14-29-22-6-2-1-3-7-22/h1-3,6-11,15-16,21,28H,4-5,12-14,17-18H2/t21-/m0/s1. The van der Waals surface area contributed by atoms with E-state index in [0.717, 1.165) is 60.7 Å². The fraction of sp³-hybridized carbons (Fsp3) is 0.333. The maximum atomic E-state index is 9.22. The van der Waals surface area contributed by atoms with Crippen molar-refractivity contribution in [2.75, 3.05) is 26.2 Å². The molecule has 1 aliphatic rings. The molecule has 0 bridgehead atoms. The predicted octanol–water partition coefficient (Wildman–Crippen LogP) is 3.89. The van der Waals surface area contributed by atoms with Crippen molar-refractivity contribution in [3.05, 3.63) is 78.2 Å². The molecule has 3 aromatic rings. The molecule has 5 nitrogen and oxygen atoms in total. The van der Waals surface area contributed by atoms with Gasteiger partial charge in [-0.3, -0.25) is 9.88 Å². The monoisotopic (exact) mass is 389 g/mol. The van der Waals surface area contributed by atoms with Crippen molar-refractivity contribution in [2.45, 2.75) is 25.4 Å². The first kappa shape index (κ1) is 19.6. The highest BCUT2D eigenvalue weighted by Crippen LogP contribution is 2.27. The zero-order chi connectivity index (χ0) is 19.9. The third kappa shape index (κ3) is 5.19. The highest BCUT2D eigenvalue weighted by atomic mass is 16.5. The van der Waals surface area contributed by atoms with Crippen molar-refractivity contribution >= 4 is 0 Å². The Bertz CT molecular complexity index is 900. The number of piperidine rings is 1. The fourth-order valence-corrected chi connectivity index (χ4v) is 3.81. The van der Waals surface area contributed by atoms with Gasteiger partial charge in [0.1, 0.15) is 12.4 Å². The van der Waals surface area contributed by atoms with Crippen LogP contribution in [0.3, 0.4) is 0 Å². The fourth-order valence-electron chi connectivity index (χ4n) is 3.81. The molecule has 1 N–H and O–H groups in total. The number of benzene rings is 2. The normalized spacial score (nSPS) is 17.2. The second-order valence-corrected chi connectivity index (χ2v) is 7.49. The van der Waals surface area contributed by atoms with Gasteiger partial charge in [-0.15, -0.1) is 0 Å². The van der Waals surface area contributed by atoms with Gasteiger partial charge >= 0.3 is 0 Å². The predicted molar refractivity (Wildman–Crippen MR) is 114 cm³/mol. The topological polar surface area (TPSA) is 58.5 Å². The quantitative estimate of drug-likeness (QED) is 0.664. The Morgan fingerprint density at radius 1 is 1.03 bits per heavy atom. The van der Waals surface area contributed by atoms with Gasteiger partial charge in [-0.05, 0) is 37.1 Å². The number of nitrogens with zero attached hydrogens (tertiary/aromatic N) is 3. The zero-order valence-corrected chi connectivity index (χ0v) is 16.6. The summed E-state index contributed by atoms with van der Waals surface area (Å²) in [5, 5.41) is 9.22. The summed E-state index contributed by atoms with van der Waals surface area (Å²) in [6.07, 6.45) is 6.01. The Kier molecular flexibility index (Phi) is 6.49. The van der Waals surface area contributed by atoms with E-state index in [1.807, 2.05) is 67.0 Å². The molecule has 150 valence electrons. The molecular weight excluding hydrogens is 362 g/mol. The molecule has 2 aromatic carbocycles. The van der Waals surface area contributed by atoms with Crippen molar-refractivity contribution in [2.24, 2.45) is 0 Å². The smallest absolute Gasteiger partial charge is 0.119 e. The Labute approximate surface area is 172 Å². The number of hydrogen-bond acceptors (Lipinski definition) is 5. The summed E-state index contributed by atoms with van der Waals surface area (Å²) in [7, 11) is 0. The van der Waals surface area contributed by atoms with E-state index in [-0.39, 0.29) is 6.61 Å². The number of para-hydroxylation sites is 1. The molecule has 0 spiro atoms. The molecule has 1 fully saturated rings. The number of hydrogen-bond donors (Lipinski definition) is 1. The van der Waals surface area contributed by atoms with Crippen molar-refractivity contribution in [1.29, 1.82) is 0 Å². The molecular formula is C24H27N3O2. The Morgan fingerprint density at radius 3 is 2.66 bits per heavy atom. The lowest BCUT2D eigenvalue weighted by Gasteiger charge is -2.32. The van der Waals surface area contributed by atoms with E-state index in [1.54, 1.807) is 0 Å². The van der Waals surface area contributed by atoms with Gasteiger partial charge in [0, 0.05) is 30.8 Å². The molecule has 2 heterocycles. The third-order valence-electron chi connectivity index (χ3n) is 5.43. The second kappa shape index (κ2) is 9.63. The summed E-state index contributed by atoms with van der Waals surface area (Å²) in [5.74, 6) is 1.32. The molecule has 1 aromatic heterocycles. The highest BCUT2D eigenvalue weighted by Gasteiger charge is 2.23. The summed E-state index contributed by atoms with van der Waals surface area (Å²) in [5.41, 5.74) is 3.87. The first-order valence-electron chi connectivity index (χ1n) is 10.2. The Balaban J connectivity index is 1.37. The molecule has 1 saturated heterocycles. The van der Waals surface area contributed by atoms with E-state index in [2.05, 4.69) is 9.88 Å². The largest absolute Gasteiger partial charge is 0.492 e. The minimum absolute atomic E-state index is 0.0535. The van der Waals surface area contributed by atoms with Gasteiger partial charge in [0.2, 0.25) is 0 Å². The average molecular weight is 389 g/mol. The van der Waals surface area contributed by atoms with Gasteiger partial charge in [-0.25, -0.2) is 4.98 Å². The number of aromatic nitrogens is 2. The van der Waals surface area contributed by atoms with Gasteiger partial charge in [-0.1, -0.05) is 42.5 Å². The lowest BCUT2D eigenvalue weighted by molar-refractivity contribution is 0.169. The van der Waals surface area contributed by atoms with Crippen LogP contribution in [-0.2, 0) is 6.61 Å². The maximum Gasteiger partial charge on any atom is 0.119 e. The summed E-state index contributed by atoms with van der Waals surface area (Å²) in [6.45, 7) is 3.75. The van der Waals surface area contributed by atoms with Crippen LogP contribution in [0.5, 0.6) is 5.75 Å². The minimum atomic E-state index is 0.0535. The van der Waals surface area contributed by atoms with Crippen molar-refractivity contribution < 1.29 is 9.84 Å². The van der Waals surface area contributed by atoms with E-state index in [0.29, 0.717) is 12.5 Å². The van der Waals surface area contributed by atoms with Gasteiger partial charge in [0.05, 0.1) is 24.2 Å². The van der Waals surface area contributed by atoms with Crippen LogP contribution in [0.1, 0.15) is 30.0 Å². The number of likely N-dealkylation sites (tertiary alicyclic amines) is 1. The summed E-state index contributed by atoms with van der Waals surface area (Å²) in [4.78, 5) is 11.8. The van der Waals surface area contributed by atoms with Gasteiger partial charge in [0.15, 0.2) is 0 Å². The van der Waals surface area contributed by atoms with Crippen molar-refractivity contribution in [1.82, 2.24) is 14.9 Å². The van der Waals surface area contributed by atoms with Crippen LogP contribution in [0.25, 0.3) is 11.3 Å². The Morgan fingerprint density at radius 2 is 1.86 bits per heavy atom. The maximum absolute atomic E-state index is 9.22. The molecule has 5 heteroatoms. The van der Waals surface area contributed by atoms with E-state index in [1.165, 1.54) is 0 Å². The van der Waals surface area contributed by atoms with Crippen LogP contribution in [0.4, 0.5) is 0 Å². The molecule has 0 unspecified atom stereocenters. The summed E-state index contributed by atoms with van der Waals surface area (Å²) in [6, 6.07) is 17.8. The van der Waals surface area contributed by atoms with E-state index in [4.69, 9.17) is 9.72 Å². The Hall–Kier alpha value is -2.76. The molecule has 1 atom stereocenters. The minimum Gasteiger partial charge on any atom is -0.492 e. The second-order valence-electron chi connectivity index (χ2n) is 7.49. The third-order valence-corrected chi connectivity index (χ3v) is 5.43. The van der Waals surface area contributed by atoms with Gasteiger partial charge in [-0.2, -0.15) is 0 Å². The van der Waals surface area contributed by atoms with Crippen LogP contribution in [0.15, 0.2) is 67.0 Å². The van der Waals surface area contributed by atoms with E-state index in [9.17, 15) is 5.11 Å². The highest BCUT2D eigenvalue weighted by molar-refractivity contribution is 5.58. The number of aliphatic hydroxyl groups is 1. The number of rotatable bonds is 7. The van der Waals surface area contributed by atoms with E-state index < -0.39 is 0 Å². The SMILES string of the molecule is OCc1ccc(-c2cncc([C@H]3CCCN(CCOc4ccccc4)C3)n2)cc1. The number of ether oxygens (including phenoxy) is 1.